The molecule has 0 aliphatic rings. The van der Waals surface area contributed by atoms with Crippen molar-refractivity contribution in [1.82, 2.24) is 5.32 Å². The molecule has 20 heavy (non-hydrogen) atoms. The standard InChI is InChI=1S/C15H17F2NOS/c1-3-6-18-15(14-8-11(19-2)9-20-14)12-7-10(16)4-5-13(12)17/h4-5,7-9,15,18H,3,6H2,1-2H3. The Balaban J connectivity index is 2.38. The van der Waals surface area contributed by atoms with Crippen LogP contribution in [0.5, 0.6) is 5.75 Å². The molecule has 0 aliphatic carbocycles. The lowest BCUT2D eigenvalue weighted by atomic mass is 10.0. The van der Waals surface area contributed by atoms with E-state index in [4.69, 9.17) is 4.74 Å². The number of halogens is 2. The molecular weight excluding hydrogens is 280 g/mol. The van der Waals surface area contributed by atoms with Gasteiger partial charge in [-0.3, -0.25) is 0 Å². The van der Waals surface area contributed by atoms with E-state index in [2.05, 4.69) is 5.32 Å². The molecule has 2 aromatic rings. The Morgan fingerprint density at radius 3 is 2.75 bits per heavy atom. The van der Waals surface area contributed by atoms with E-state index in [1.165, 1.54) is 17.4 Å². The summed E-state index contributed by atoms with van der Waals surface area (Å²) in [6.45, 7) is 2.75. The highest BCUT2D eigenvalue weighted by Crippen LogP contribution is 2.32. The van der Waals surface area contributed by atoms with Gasteiger partial charge in [0.25, 0.3) is 0 Å². The second kappa shape index (κ2) is 6.81. The van der Waals surface area contributed by atoms with E-state index < -0.39 is 11.6 Å². The van der Waals surface area contributed by atoms with Crippen LogP contribution in [0.15, 0.2) is 29.6 Å². The topological polar surface area (TPSA) is 21.3 Å². The van der Waals surface area contributed by atoms with E-state index in [-0.39, 0.29) is 6.04 Å². The normalized spacial score (nSPS) is 12.4. The SMILES string of the molecule is CCCNC(c1cc(OC)cs1)c1cc(F)ccc1F. The third-order valence-electron chi connectivity index (χ3n) is 2.98. The van der Waals surface area contributed by atoms with Gasteiger partial charge < -0.3 is 10.1 Å². The first kappa shape index (κ1) is 14.9. The molecule has 0 amide bonds. The maximum atomic E-state index is 14.0. The number of thiophene rings is 1. The Bertz CT molecular complexity index is 571. The molecular formula is C15H17F2NOS. The Hall–Kier alpha value is -1.46. The minimum absolute atomic E-state index is 0.322. The van der Waals surface area contributed by atoms with Crippen LogP contribution in [-0.4, -0.2) is 13.7 Å². The van der Waals surface area contributed by atoms with Gasteiger partial charge in [-0.1, -0.05) is 6.92 Å². The van der Waals surface area contributed by atoms with Crippen molar-refractivity contribution in [2.75, 3.05) is 13.7 Å². The summed E-state index contributed by atoms with van der Waals surface area (Å²) in [5.41, 5.74) is 0.322. The quantitative estimate of drug-likeness (QED) is 0.866. The Morgan fingerprint density at radius 1 is 1.30 bits per heavy atom. The fraction of sp³-hybridized carbons (Fsp3) is 0.333. The average Bonchev–Trinajstić information content (AvgIpc) is 2.92. The Morgan fingerprint density at radius 2 is 2.10 bits per heavy atom. The molecule has 0 saturated heterocycles. The highest BCUT2D eigenvalue weighted by atomic mass is 32.1. The van der Waals surface area contributed by atoms with Crippen molar-refractivity contribution in [1.29, 1.82) is 0 Å². The molecule has 1 aromatic carbocycles. The van der Waals surface area contributed by atoms with Crippen LogP contribution in [0.1, 0.15) is 29.8 Å². The number of ether oxygens (including phenoxy) is 1. The van der Waals surface area contributed by atoms with Gasteiger partial charge in [-0.25, -0.2) is 8.78 Å². The summed E-state index contributed by atoms with van der Waals surface area (Å²) in [6, 6.07) is 5.03. The van der Waals surface area contributed by atoms with Gasteiger partial charge in [0.2, 0.25) is 0 Å². The summed E-state index contributed by atoms with van der Waals surface area (Å²) in [4.78, 5) is 0.903. The Kier molecular flexibility index (Phi) is 5.09. The number of hydrogen-bond acceptors (Lipinski definition) is 3. The molecule has 1 atom stereocenters. The summed E-state index contributed by atoms with van der Waals surface area (Å²) in [5, 5.41) is 5.11. The first-order valence-electron chi connectivity index (χ1n) is 6.46. The molecule has 2 rings (SSSR count). The highest BCUT2D eigenvalue weighted by molar-refractivity contribution is 7.10. The van der Waals surface area contributed by atoms with Crippen molar-refractivity contribution in [3.05, 3.63) is 51.7 Å². The van der Waals surface area contributed by atoms with E-state index >= 15 is 0 Å². The van der Waals surface area contributed by atoms with Crippen molar-refractivity contribution in [3.8, 4) is 5.75 Å². The van der Waals surface area contributed by atoms with E-state index in [0.29, 0.717) is 5.56 Å². The number of methoxy groups -OCH3 is 1. The van der Waals surface area contributed by atoms with Crippen molar-refractivity contribution >= 4 is 11.3 Å². The van der Waals surface area contributed by atoms with Crippen LogP contribution in [0.4, 0.5) is 8.78 Å². The van der Waals surface area contributed by atoms with E-state index in [0.717, 1.165) is 35.7 Å². The van der Waals surface area contributed by atoms with Crippen LogP contribution < -0.4 is 10.1 Å². The summed E-state index contributed by atoms with van der Waals surface area (Å²) in [5.74, 6) is -0.120. The van der Waals surface area contributed by atoms with Gasteiger partial charge in [-0.05, 0) is 37.2 Å². The van der Waals surface area contributed by atoms with Crippen LogP contribution in [0, 0.1) is 11.6 Å². The maximum Gasteiger partial charge on any atom is 0.129 e. The van der Waals surface area contributed by atoms with E-state index in [9.17, 15) is 8.78 Å². The molecule has 1 heterocycles. The summed E-state index contributed by atoms with van der Waals surface area (Å²) < 4.78 is 32.5. The van der Waals surface area contributed by atoms with Crippen LogP contribution in [-0.2, 0) is 0 Å². The van der Waals surface area contributed by atoms with Gasteiger partial charge in [-0.15, -0.1) is 11.3 Å². The first-order chi connectivity index (χ1) is 9.65. The zero-order chi connectivity index (χ0) is 14.5. The van der Waals surface area contributed by atoms with Crippen LogP contribution >= 0.6 is 11.3 Å². The lowest BCUT2D eigenvalue weighted by Gasteiger charge is -2.18. The number of hydrogen-bond donors (Lipinski definition) is 1. The van der Waals surface area contributed by atoms with Gasteiger partial charge in [-0.2, -0.15) is 0 Å². The van der Waals surface area contributed by atoms with Gasteiger partial charge in [0, 0.05) is 15.8 Å². The zero-order valence-corrected chi connectivity index (χ0v) is 12.3. The second-order valence-corrected chi connectivity index (χ2v) is 5.38. The monoisotopic (exact) mass is 297 g/mol. The van der Waals surface area contributed by atoms with Crippen LogP contribution in [0.2, 0.25) is 0 Å². The zero-order valence-electron chi connectivity index (χ0n) is 11.5. The summed E-state index contributed by atoms with van der Waals surface area (Å²) >= 11 is 1.47. The molecule has 0 fully saturated rings. The lowest BCUT2D eigenvalue weighted by Crippen LogP contribution is -2.23. The van der Waals surface area contributed by atoms with Crippen molar-refractivity contribution in [2.24, 2.45) is 0 Å². The second-order valence-electron chi connectivity index (χ2n) is 4.44. The van der Waals surface area contributed by atoms with Gasteiger partial charge in [0.15, 0.2) is 0 Å². The third kappa shape index (κ3) is 3.35. The molecule has 0 saturated carbocycles. The molecule has 0 radical (unpaired) electrons. The molecule has 0 bridgehead atoms. The molecule has 108 valence electrons. The highest BCUT2D eigenvalue weighted by Gasteiger charge is 2.20. The summed E-state index contributed by atoms with van der Waals surface area (Å²) in [6.07, 6.45) is 0.913. The van der Waals surface area contributed by atoms with Crippen molar-refractivity contribution in [3.63, 3.8) is 0 Å². The fourth-order valence-corrected chi connectivity index (χ4v) is 2.93. The van der Waals surface area contributed by atoms with Crippen LogP contribution in [0.25, 0.3) is 0 Å². The molecule has 2 nitrogen and oxygen atoms in total. The molecule has 1 aromatic heterocycles. The first-order valence-corrected chi connectivity index (χ1v) is 7.34. The predicted octanol–water partition coefficient (Wildman–Crippen LogP) is 4.12. The smallest absolute Gasteiger partial charge is 0.129 e. The Labute approximate surface area is 121 Å². The minimum atomic E-state index is -0.437. The summed E-state index contributed by atoms with van der Waals surface area (Å²) in [7, 11) is 1.59. The maximum absolute atomic E-state index is 14.0. The third-order valence-corrected chi connectivity index (χ3v) is 3.96. The molecule has 0 aliphatic heterocycles. The molecule has 0 spiro atoms. The number of nitrogens with one attached hydrogen (secondary N) is 1. The predicted molar refractivity (Wildman–Crippen MR) is 77.4 cm³/mol. The largest absolute Gasteiger partial charge is 0.496 e. The van der Waals surface area contributed by atoms with Crippen molar-refractivity contribution < 1.29 is 13.5 Å². The van der Waals surface area contributed by atoms with Crippen LogP contribution in [0.3, 0.4) is 0 Å². The van der Waals surface area contributed by atoms with E-state index in [1.54, 1.807) is 7.11 Å². The lowest BCUT2D eigenvalue weighted by molar-refractivity contribution is 0.416. The van der Waals surface area contributed by atoms with Gasteiger partial charge in [0.05, 0.1) is 13.2 Å². The fourth-order valence-electron chi connectivity index (χ4n) is 1.98. The van der Waals surface area contributed by atoms with Gasteiger partial charge in [0.1, 0.15) is 17.4 Å². The number of benzene rings is 1. The minimum Gasteiger partial charge on any atom is -0.496 e. The molecule has 1 unspecified atom stereocenters. The van der Waals surface area contributed by atoms with E-state index in [1.807, 2.05) is 18.4 Å². The van der Waals surface area contributed by atoms with Crippen molar-refractivity contribution in [2.45, 2.75) is 19.4 Å². The number of rotatable bonds is 6. The molecule has 1 N–H and O–H groups in total. The van der Waals surface area contributed by atoms with Gasteiger partial charge >= 0.3 is 0 Å². The molecule has 5 heteroatoms. The average molecular weight is 297 g/mol.